The summed E-state index contributed by atoms with van der Waals surface area (Å²) in [6.45, 7) is 3.83. The van der Waals surface area contributed by atoms with Gasteiger partial charge in [0.05, 0.1) is 17.6 Å². The number of imidazole rings is 1. The van der Waals surface area contributed by atoms with E-state index in [-0.39, 0.29) is 0 Å². The maximum Gasteiger partial charge on any atom is 0.155 e. The zero-order chi connectivity index (χ0) is 14.4. The normalized spacial score (nSPS) is 13.1. The fourth-order valence-corrected chi connectivity index (χ4v) is 2.94. The van der Waals surface area contributed by atoms with Crippen LogP contribution in [0.3, 0.4) is 0 Å². The molecule has 3 heterocycles. The summed E-state index contributed by atoms with van der Waals surface area (Å²) < 4.78 is 4.22. The molecule has 3 aromatic rings. The van der Waals surface area contributed by atoms with Crippen LogP contribution in [-0.2, 0) is 7.05 Å². The maximum atomic E-state index is 10.6. The number of fused-ring (bicyclic) bond motifs is 1. The molecule has 1 N–H and O–H groups in total. The molecule has 0 aliphatic heterocycles. The van der Waals surface area contributed by atoms with Gasteiger partial charge in [-0.1, -0.05) is 0 Å². The van der Waals surface area contributed by atoms with E-state index < -0.39 is 6.10 Å². The molecule has 0 amide bonds. The molecule has 1 atom stereocenters. The van der Waals surface area contributed by atoms with E-state index in [0.29, 0.717) is 15.9 Å². The van der Waals surface area contributed by atoms with Crippen LogP contribution in [0.1, 0.15) is 28.7 Å². The molecule has 6 nitrogen and oxygen atoms in total. The van der Waals surface area contributed by atoms with E-state index in [0.717, 1.165) is 17.0 Å². The van der Waals surface area contributed by atoms with Crippen LogP contribution < -0.4 is 0 Å². The van der Waals surface area contributed by atoms with Crippen molar-refractivity contribution in [2.24, 2.45) is 7.05 Å². The number of nitrogens with zero attached hydrogens (tertiary/aromatic N) is 5. The first-order valence-corrected chi connectivity index (χ1v) is 6.95. The van der Waals surface area contributed by atoms with Crippen molar-refractivity contribution in [1.82, 2.24) is 24.1 Å². The number of aryl methyl sites for hydroxylation is 2. The topological polar surface area (TPSA) is 68.2 Å². The van der Waals surface area contributed by atoms with Gasteiger partial charge in [-0.3, -0.25) is 9.67 Å². The van der Waals surface area contributed by atoms with Crippen LogP contribution in [0.2, 0.25) is 0 Å². The summed E-state index contributed by atoms with van der Waals surface area (Å²) in [5.41, 5.74) is 3.82. The molecule has 3 rings (SSSR count). The highest BCUT2D eigenvalue weighted by atomic mass is 79.9. The summed E-state index contributed by atoms with van der Waals surface area (Å²) in [4.78, 5) is 8.62. The van der Waals surface area contributed by atoms with Crippen molar-refractivity contribution in [3.05, 3.63) is 45.8 Å². The monoisotopic (exact) mass is 335 g/mol. The Morgan fingerprint density at radius 1 is 1.30 bits per heavy atom. The van der Waals surface area contributed by atoms with Gasteiger partial charge >= 0.3 is 0 Å². The summed E-state index contributed by atoms with van der Waals surface area (Å²) >= 11 is 3.38. The highest BCUT2D eigenvalue weighted by Gasteiger charge is 2.22. The zero-order valence-corrected chi connectivity index (χ0v) is 13.0. The van der Waals surface area contributed by atoms with E-state index in [4.69, 9.17) is 0 Å². The Hall–Kier alpha value is -1.73. The SMILES string of the molecule is Cc1cn2cc(C(O)c3c(Br)nn(C)c3C)nc2cn1. The van der Waals surface area contributed by atoms with E-state index in [1.165, 1.54) is 0 Å². The predicted octanol–water partition coefficient (Wildman–Crippen LogP) is 1.92. The third-order valence-corrected chi connectivity index (χ3v) is 3.96. The lowest BCUT2D eigenvalue weighted by Crippen LogP contribution is -2.03. The van der Waals surface area contributed by atoms with Crippen molar-refractivity contribution in [1.29, 1.82) is 0 Å². The van der Waals surface area contributed by atoms with Crippen LogP contribution in [0, 0.1) is 13.8 Å². The minimum absolute atomic E-state index is 0.578. The molecule has 7 heteroatoms. The van der Waals surface area contributed by atoms with E-state index in [2.05, 4.69) is 31.0 Å². The van der Waals surface area contributed by atoms with Gasteiger partial charge in [0.2, 0.25) is 0 Å². The Balaban J connectivity index is 2.10. The van der Waals surface area contributed by atoms with Gasteiger partial charge in [-0.25, -0.2) is 4.98 Å². The maximum absolute atomic E-state index is 10.6. The second-order valence-electron chi connectivity index (χ2n) is 4.78. The molecular formula is C13H14BrN5O. The van der Waals surface area contributed by atoms with E-state index >= 15 is 0 Å². The largest absolute Gasteiger partial charge is 0.382 e. The van der Waals surface area contributed by atoms with E-state index in [9.17, 15) is 5.11 Å². The van der Waals surface area contributed by atoms with Crippen molar-refractivity contribution < 1.29 is 5.11 Å². The Labute approximate surface area is 124 Å². The van der Waals surface area contributed by atoms with E-state index in [1.807, 2.05) is 37.7 Å². The van der Waals surface area contributed by atoms with Crippen molar-refractivity contribution in [3.8, 4) is 0 Å². The predicted molar refractivity (Wildman–Crippen MR) is 77.4 cm³/mol. The van der Waals surface area contributed by atoms with Crippen LogP contribution in [0.25, 0.3) is 5.65 Å². The highest BCUT2D eigenvalue weighted by molar-refractivity contribution is 9.10. The zero-order valence-electron chi connectivity index (χ0n) is 11.4. The lowest BCUT2D eigenvalue weighted by molar-refractivity contribution is 0.214. The second kappa shape index (κ2) is 4.68. The molecule has 0 fully saturated rings. The minimum atomic E-state index is -0.821. The van der Waals surface area contributed by atoms with Crippen molar-refractivity contribution in [2.45, 2.75) is 20.0 Å². The summed E-state index contributed by atoms with van der Waals surface area (Å²) in [5, 5.41) is 14.8. The van der Waals surface area contributed by atoms with Gasteiger partial charge in [-0.15, -0.1) is 0 Å². The molecular weight excluding hydrogens is 322 g/mol. The molecule has 104 valence electrons. The Morgan fingerprint density at radius 2 is 2.05 bits per heavy atom. The second-order valence-corrected chi connectivity index (χ2v) is 5.53. The number of aromatic nitrogens is 5. The van der Waals surface area contributed by atoms with Crippen LogP contribution >= 0.6 is 15.9 Å². The fourth-order valence-electron chi connectivity index (χ4n) is 2.20. The van der Waals surface area contributed by atoms with Crippen LogP contribution in [-0.4, -0.2) is 29.3 Å². The van der Waals surface area contributed by atoms with Crippen molar-refractivity contribution >= 4 is 21.6 Å². The summed E-state index contributed by atoms with van der Waals surface area (Å²) in [6, 6.07) is 0. The number of aliphatic hydroxyl groups excluding tert-OH is 1. The van der Waals surface area contributed by atoms with Gasteiger partial charge in [0, 0.05) is 30.7 Å². The van der Waals surface area contributed by atoms with Crippen LogP contribution in [0.5, 0.6) is 0 Å². The fraction of sp³-hybridized carbons (Fsp3) is 0.308. The molecule has 0 saturated carbocycles. The summed E-state index contributed by atoms with van der Waals surface area (Å²) in [5.74, 6) is 0. The Kier molecular flexibility index (Phi) is 3.10. The molecule has 3 aromatic heterocycles. The first-order valence-electron chi connectivity index (χ1n) is 6.15. The molecule has 1 unspecified atom stereocenters. The highest BCUT2D eigenvalue weighted by Crippen LogP contribution is 2.30. The number of aliphatic hydroxyl groups is 1. The van der Waals surface area contributed by atoms with Crippen LogP contribution in [0.15, 0.2) is 23.2 Å². The first-order chi connectivity index (χ1) is 9.47. The molecule has 0 spiro atoms. The van der Waals surface area contributed by atoms with Gasteiger partial charge in [0.25, 0.3) is 0 Å². The van der Waals surface area contributed by atoms with Crippen molar-refractivity contribution in [2.75, 3.05) is 0 Å². The lowest BCUT2D eigenvalue weighted by atomic mass is 10.1. The lowest BCUT2D eigenvalue weighted by Gasteiger charge is -2.07. The van der Waals surface area contributed by atoms with Crippen LogP contribution in [0.4, 0.5) is 0 Å². The number of halogens is 1. The van der Waals surface area contributed by atoms with E-state index in [1.54, 1.807) is 10.9 Å². The smallest absolute Gasteiger partial charge is 0.155 e. The van der Waals surface area contributed by atoms with Gasteiger partial charge < -0.3 is 9.51 Å². The molecule has 0 bridgehead atoms. The van der Waals surface area contributed by atoms with Gasteiger partial charge in [-0.2, -0.15) is 5.10 Å². The average Bonchev–Trinajstić information content (AvgIpc) is 2.91. The quantitative estimate of drug-likeness (QED) is 0.776. The third kappa shape index (κ3) is 2.03. The number of hydrogen-bond donors (Lipinski definition) is 1. The average molecular weight is 336 g/mol. The standard InChI is InChI=1S/C13H14BrN5O/c1-7-5-19-6-9(16-10(19)4-15-7)12(20)11-8(2)18(3)17-13(11)14/h4-6,12,20H,1-3H3. The minimum Gasteiger partial charge on any atom is -0.382 e. The third-order valence-electron chi connectivity index (χ3n) is 3.38. The molecule has 0 aliphatic carbocycles. The Morgan fingerprint density at radius 3 is 2.70 bits per heavy atom. The molecule has 0 radical (unpaired) electrons. The molecule has 0 aliphatic rings. The summed E-state index contributed by atoms with van der Waals surface area (Å²) in [7, 11) is 1.84. The van der Waals surface area contributed by atoms with Gasteiger partial charge in [-0.05, 0) is 29.8 Å². The van der Waals surface area contributed by atoms with Gasteiger partial charge in [0.15, 0.2) is 5.65 Å². The molecule has 0 saturated heterocycles. The Bertz CT molecular complexity index is 792. The molecule has 0 aromatic carbocycles. The number of rotatable bonds is 2. The first kappa shape index (κ1) is 13.3. The number of hydrogen-bond acceptors (Lipinski definition) is 4. The van der Waals surface area contributed by atoms with Crippen molar-refractivity contribution in [3.63, 3.8) is 0 Å². The molecule has 20 heavy (non-hydrogen) atoms. The summed E-state index contributed by atoms with van der Waals surface area (Å²) in [6.07, 6.45) is 4.56. The van der Waals surface area contributed by atoms with Gasteiger partial charge in [0.1, 0.15) is 10.7 Å².